The molecule has 1 heterocycles. The summed E-state index contributed by atoms with van der Waals surface area (Å²) in [5, 5.41) is 2.37. The Balaban J connectivity index is 1.36. The third-order valence-corrected chi connectivity index (χ3v) is 9.76. The van der Waals surface area contributed by atoms with Crippen LogP contribution in [0.1, 0.15) is 66.6 Å². The molecule has 38 heavy (non-hydrogen) atoms. The summed E-state index contributed by atoms with van der Waals surface area (Å²) in [5.74, 6) is -2.17. The highest BCUT2D eigenvalue weighted by atomic mass is 32.2. The van der Waals surface area contributed by atoms with Gasteiger partial charge in [0.2, 0.25) is 5.91 Å². The molecule has 0 unspecified atom stereocenters. The highest BCUT2D eigenvalue weighted by Crippen LogP contribution is 2.43. The van der Waals surface area contributed by atoms with Gasteiger partial charge in [-0.25, -0.2) is 12.8 Å². The lowest BCUT2D eigenvalue weighted by Gasteiger charge is -2.27. The van der Waals surface area contributed by atoms with Gasteiger partial charge in [-0.1, -0.05) is 19.1 Å². The molecule has 3 aliphatic rings. The summed E-state index contributed by atoms with van der Waals surface area (Å²) in [7, 11) is -3.51. The number of carbonyl (C=O) groups excluding carboxylic acids is 2. The van der Waals surface area contributed by atoms with Crippen LogP contribution < -0.4 is 5.32 Å². The standard InChI is InChI=1S/C27H28F4N2O4S/c1-15-11-23(33(14-15)26(35)17-3-2-4-20(12-17)38(36,37)19-8-9-19)25(34)32-24(16-5-6-16)21-10-7-18(13-22(21)28)27(29,30)31/h2-4,7,10,12-13,15-16,19,23-24H,5-6,8-9,11,14H2,1H3,(H,32,34)/t15-,23-,24-/m1/s1. The number of hydrogen-bond donors (Lipinski definition) is 1. The largest absolute Gasteiger partial charge is 0.416 e. The van der Waals surface area contributed by atoms with Crippen LogP contribution in [0.25, 0.3) is 0 Å². The van der Waals surface area contributed by atoms with E-state index >= 15 is 0 Å². The molecule has 2 aliphatic carbocycles. The third-order valence-electron chi connectivity index (χ3n) is 7.50. The Kier molecular flexibility index (Phi) is 6.77. The van der Waals surface area contributed by atoms with Crippen molar-refractivity contribution in [3.63, 3.8) is 0 Å². The molecule has 1 aliphatic heterocycles. The summed E-state index contributed by atoms with van der Waals surface area (Å²) in [6, 6.07) is 6.43. The van der Waals surface area contributed by atoms with Gasteiger partial charge in [-0.05, 0) is 74.3 Å². The van der Waals surface area contributed by atoms with E-state index in [0.717, 1.165) is 12.1 Å². The zero-order valence-corrected chi connectivity index (χ0v) is 21.5. The predicted octanol–water partition coefficient (Wildman–Crippen LogP) is 4.90. The molecule has 3 atom stereocenters. The van der Waals surface area contributed by atoms with E-state index < -0.39 is 56.5 Å². The topological polar surface area (TPSA) is 83.6 Å². The van der Waals surface area contributed by atoms with Crippen LogP contribution in [0.3, 0.4) is 0 Å². The van der Waals surface area contributed by atoms with Crippen LogP contribution >= 0.6 is 0 Å². The third kappa shape index (κ3) is 5.30. The summed E-state index contributed by atoms with van der Waals surface area (Å²) in [4.78, 5) is 28.3. The molecular formula is C27H28F4N2O4S. The number of nitrogens with zero attached hydrogens (tertiary/aromatic N) is 1. The first-order valence-electron chi connectivity index (χ1n) is 12.7. The molecule has 5 rings (SSSR count). The Labute approximate surface area is 218 Å². The van der Waals surface area contributed by atoms with Crippen molar-refractivity contribution in [2.24, 2.45) is 11.8 Å². The zero-order valence-electron chi connectivity index (χ0n) is 20.7. The minimum atomic E-state index is -4.69. The molecule has 2 aromatic carbocycles. The summed E-state index contributed by atoms with van der Waals surface area (Å²) in [6.07, 6.45) is -1.77. The number of halogens is 4. The van der Waals surface area contributed by atoms with Crippen LogP contribution in [0, 0.1) is 17.7 Å². The molecule has 204 valence electrons. The Morgan fingerprint density at radius 2 is 1.76 bits per heavy atom. The summed E-state index contributed by atoms with van der Waals surface area (Å²) in [5.41, 5.74) is -0.964. The first-order valence-corrected chi connectivity index (χ1v) is 14.2. The number of hydrogen-bond acceptors (Lipinski definition) is 4. The Morgan fingerprint density at radius 1 is 1.05 bits per heavy atom. The Hall–Kier alpha value is -2.95. The number of likely N-dealkylation sites (tertiary alicyclic amines) is 1. The lowest BCUT2D eigenvalue weighted by Crippen LogP contribution is -2.47. The van der Waals surface area contributed by atoms with E-state index in [1.807, 2.05) is 6.92 Å². The van der Waals surface area contributed by atoms with E-state index in [1.165, 1.54) is 29.2 Å². The minimum Gasteiger partial charge on any atom is -0.347 e. The van der Waals surface area contributed by atoms with Crippen molar-refractivity contribution >= 4 is 21.7 Å². The molecule has 0 spiro atoms. The average molecular weight is 553 g/mol. The zero-order chi connectivity index (χ0) is 27.4. The average Bonchev–Trinajstić information content (AvgIpc) is 3.78. The number of rotatable bonds is 7. The highest BCUT2D eigenvalue weighted by molar-refractivity contribution is 7.92. The van der Waals surface area contributed by atoms with Gasteiger partial charge in [-0.2, -0.15) is 13.2 Å². The molecule has 6 nitrogen and oxygen atoms in total. The molecular weight excluding hydrogens is 524 g/mol. The fourth-order valence-electron chi connectivity index (χ4n) is 5.15. The maximum absolute atomic E-state index is 14.8. The van der Waals surface area contributed by atoms with Gasteiger partial charge >= 0.3 is 6.18 Å². The quantitative estimate of drug-likeness (QED) is 0.496. The maximum Gasteiger partial charge on any atom is 0.416 e. The number of carbonyl (C=O) groups is 2. The summed E-state index contributed by atoms with van der Waals surface area (Å²) in [6.45, 7) is 2.16. The van der Waals surface area contributed by atoms with Crippen molar-refractivity contribution < 1.29 is 35.6 Å². The number of benzene rings is 2. The van der Waals surface area contributed by atoms with Gasteiger partial charge in [0, 0.05) is 17.7 Å². The van der Waals surface area contributed by atoms with Crippen LogP contribution in [-0.2, 0) is 20.8 Å². The van der Waals surface area contributed by atoms with Gasteiger partial charge in [-0.3, -0.25) is 9.59 Å². The van der Waals surface area contributed by atoms with E-state index in [9.17, 15) is 35.6 Å². The smallest absolute Gasteiger partial charge is 0.347 e. The number of nitrogens with one attached hydrogen (secondary N) is 1. The molecule has 3 fully saturated rings. The molecule has 2 aromatic rings. The van der Waals surface area contributed by atoms with E-state index in [1.54, 1.807) is 0 Å². The predicted molar refractivity (Wildman–Crippen MR) is 130 cm³/mol. The lowest BCUT2D eigenvalue weighted by molar-refractivity contribution is -0.137. The summed E-state index contributed by atoms with van der Waals surface area (Å²) >= 11 is 0. The molecule has 1 N–H and O–H groups in total. The van der Waals surface area contributed by atoms with Crippen molar-refractivity contribution in [1.29, 1.82) is 0 Å². The van der Waals surface area contributed by atoms with Crippen LogP contribution in [0.5, 0.6) is 0 Å². The first kappa shape index (κ1) is 26.6. The molecule has 2 saturated carbocycles. The van der Waals surface area contributed by atoms with Crippen LogP contribution in [-0.4, -0.2) is 43.0 Å². The van der Waals surface area contributed by atoms with Crippen molar-refractivity contribution in [2.75, 3.05) is 6.54 Å². The van der Waals surface area contributed by atoms with Gasteiger partial charge in [-0.15, -0.1) is 0 Å². The van der Waals surface area contributed by atoms with E-state index in [0.29, 0.717) is 38.2 Å². The first-order chi connectivity index (χ1) is 17.9. The van der Waals surface area contributed by atoms with Crippen LogP contribution in [0.4, 0.5) is 17.6 Å². The maximum atomic E-state index is 14.8. The number of alkyl halides is 3. The molecule has 0 radical (unpaired) electrons. The second-order valence-corrected chi connectivity index (χ2v) is 12.9. The Morgan fingerprint density at radius 3 is 2.37 bits per heavy atom. The van der Waals surface area contributed by atoms with Gasteiger partial charge < -0.3 is 10.2 Å². The molecule has 0 aromatic heterocycles. The second kappa shape index (κ2) is 9.66. The van der Waals surface area contributed by atoms with E-state index in [-0.39, 0.29) is 34.4 Å². The van der Waals surface area contributed by atoms with Crippen LogP contribution in [0.15, 0.2) is 47.4 Å². The number of amides is 2. The van der Waals surface area contributed by atoms with Crippen molar-refractivity contribution in [3.05, 3.63) is 65.0 Å². The number of sulfone groups is 1. The Bertz CT molecular complexity index is 1370. The molecule has 11 heteroatoms. The highest BCUT2D eigenvalue weighted by Gasteiger charge is 2.43. The summed E-state index contributed by atoms with van der Waals surface area (Å²) < 4.78 is 79.1. The van der Waals surface area contributed by atoms with Crippen molar-refractivity contribution in [3.8, 4) is 0 Å². The van der Waals surface area contributed by atoms with E-state index in [4.69, 9.17) is 0 Å². The van der Waals surface area contributed by atoms with Gasteiger partial charge in [0.05, 0.1) is 21.8 Å². The fraction of sp³-hybridized carbons (Fsp3) is 0.481. The molecule has 0 bridgehead atoms. The lowest BCUT2D eigenvalue weighted by atomic mass is 9.98. The van der Waals surface area contributed by atoms with Gasteiger partial charge in [0.25, 0.3) is 5.91 Å². The molecule has 2 amide bonds. The van der Waals surface area contributed by atoms with Gasteiger partial charge in [0.15, 0.2) is 9.84 Å². The van der Waals surface area contributed by atoms with Crippen molar-refractivity contribution in [1.82, 2.24) is 10.2 Å². The van der Waals surface area contributed by atoms with E-state index in [2.05, 4.69) is 5.32 Å². The monoisotopic (exact) mass is 552 g/mol. The second-order valence-electron chi connectivity index (χ2n) is 10.6. The SMILES string of the molecule is C[C@@H]1C[C@H](C(=O)N[C@@H](c2ccc(C(F)(F)F)cc2F)C2CC2)N(C(=O)c2cccc(S(=O)(=O)C3CC3)c2)C1. The van der Waals surface area contributed by atoms with Gasteiger partial charge in [0.1, 0.15) is 11.9 Å². The van der Waals surface area contributed by atoms with Crippen LogP contribution in [0.2, 0.25) is 0 Å². The normalized spacial score (nSPS) is 22.8. The molecule has 1 saturated heterocycles. The fourth-order valence-corrected chi connectivity index (χ4v) is 6.85. The minimum absolute atomic E-state index is 0.0178. The van der Waals surface area contributed by atoms with Crippen molar-refractivity contribution in [2.45, 2.75) is 67.4 Å².